The van der Waals surface area contributed by atoms with E-state index in [0.717, 1.165) is 18.7 Å². The van der Waals surface area contributed by atoms with Gasteiger partial charge in [0.1, 0.15) is 0 Å². The quantitative estimate of drug-likeness (QED) is 0.472. The summed E-state index contributed by atoms with van der Waals surface area (Å²) in [5, 5.41) is 0. The average Bonchev–Trinajstić information content (AvgIpc) is 2.37. The van der Waals surface area contributed by atoms with E-state index in [1.54, 1.807) is 19.2 Å². The van der Waals surface area contributed by atoms with Gasteiger partial charge in [-0.1, -0.05) is 0 Å². The number of hydrogen-bond acceptors (Lipinski definition) is 5. The van der Waals surface area contributed by atoms with Crippen LogP contribution in [0.15, 0.2) is 18.2 Å². The van der Waals surface area contributed by atoms with Gasteiger partial charge in [0.05, 0.1) is 18.4 Å². The van der Waals surface area contributed by atoms with Gasteiger partial charge in [-0.25, -0.2) is 4.79 Å². The van der Waals surface area contributed by atoms with Gasteiger partial charge in [0.15, 0.2) is 0 Å². The summed E-state index contributed by atoms with van der Waals surface area (Å²) in [6.07, 6.45) is 0.887. The first-order valence-corrected chi connectivity index (χ1v) is 5.78. The van der Waals surface area contributed by atoms with E-state index in [0.29, 0.717) is 17.9 Å². The molecular formula is C13H20N2O3. The Labute approximate surface area is 107 Å². The van der Waals surface area contributed by atoms with Gasteiger partial charge in [-0.3, -0.25) is 0 Å². The summed E-state index contributed by atoms with van der Waals surface area (Å²) in [7, 11) is 4.96. The minimum Gasteiger partial charge on any atom is -0.465 e. The number of nitrogens with two attached hydrogens (primary N) is 1. The number of nitrogen functional groups attached to an aromatic ring is 1. The summed E-state index contributed by atoms with van der Waals surface area (Å²) in [5.41, 5.74) is 7.54. The lowest BCUT2D eigenvalue weighted by Crippen LogP contribution is -2.22. The molecule has 1 rings (SSSR count). The molecule has 0 aromatic heterocycles. The van der Waals surface area contributed by atoms with Crippen LogP contribution in [0.3, 0.4) is 0 Å². The van der Waals surface area contributed by atoms with E-state index < -0.39 is 0 Å². The Balaban J connectivity index is 2.89. The number of esters is 1. The van der Waals surface area contributed by atoms with E-state index in [1.165, 1.54) is 7.11 Å². The van der Waals surface area contributed by atoms with Gasteiger partial charge in [0, 0.05) is 33.0 Å². The van der Waals surface area contributed by atoms with Crippen molar-refractivity contribution in [3.8, 4) is 0 Å². The number of carbonyl (C=O) groups excluding carboxylic acids is 1. The van der Waals surface area contributed by atoms with Crippen LogP contribution in [0, 0.1) is 0 Å². The first-order chi connectivity index (χ1) is 8.60. The predicted octanol–water partition coefficient (Wildman–Crippen LogP) is 1.53. The summed E-state index contributed by atoms with van der Waals surface area (Å²) < 4.78 is 9.77. The molecule has 5 nitrogen and oxygen atoms in total. The van der Waals surface area contributed by atoms with Gasteiger partial charge in [-0.2, -0.15) is 0 Å². The van der Waals surface area contributed by atoms with Gasteiger partial charge in [0.2, 0.25) is 0 Å². The molecule has 0 spiro atoms. The second-order valence-corrected chi connectivity index (χ2v) is 4.04. The molecule has 5 heteroatoms. The lowest BCUT2D eigenvalue weighted by atomic mass is 10.1. The highest BCUT2D eigenvalue weighted by molar-refractivity contribution is 5.96. The molecule has 0 atom stereocenters. The fourth-order valence-corrected chi connectivity index (χ4v) is 1.73. The molecule has 0 radical (unpaired) electrons. The molecule has 1 aromatic carbocycles. The number of carbonyl (C=O) groups is 1. The molecule has 0 saturated carbocycles. The molecule has 0 fully saturated rings. The first kappa shape index (κ1) is 14.3. The molecule has 0 bridgehead atoms. The number of nitrogens with zero attached hydrogens (tertiary/aromatic N) is 1. The van der Waals surface area contributed by atoms with E-state index >= 15 is 0 Å². The van der Waals surface area contributed by atoms with Crippen LogP contribution in [0.2, 0.25) is 0 Å². The third-order valence-corrected chi connectivity index (χ3v) is 2.68. The van der Waals surface area contributed by atoms with Crippen molar-refractivity contribution in [2.75, 3.05) is 45.1 Å². The van der Waals surface area contributed by atoms with Gasteiger partial charge in [0.25, 0.3) is 0 Å². The van der Waals surface area contributed by atoms with Gasteiger partial charge < -0.3 is 20.1 Å². The van der Waals surface area contributed by atoms with Crippen molar-refractivity contribution in [2.24, 2.45) is 0 Å². The van der Waals surface area contributed by atoms with Crippen LogP contribution < -0.4 is 10.6 Å². The second kappa shape index (κ2) is 6.86. The maximum Gasteiger partial charge on any atom is 0.340 e. The largest absolute Gasteiger partial charge is 0.465 e. The third-order valence-electron chi connectivity index (χ3n) is 2.68. The maximum absolute atomic E-state index is 11.7. The Morgan fingerprint density at radius 1 is 1.39 bits per heavy atom. The molecule has 0 saturated heterocycles. The lowest BCUT2D eigenvalue weighted by molar-refractivity contribution is 0.0601. The van der Waals surface area contributed by atoms with Crippen molar-refractivity contribution < 1.29 is 14.3 Å². The highest BCUT2D eigenvalue weighted by atomic mass is 16.5. The van der Waals surface area contributed by atoms with Crippen molar-refractivity contribution in [3.63, 3.8) is 0 Å². The van der Waals surface area contributed by atoms with Crippen LogP contribution >= 0.6 is 0 Å². The third kappa shape index (κ3) is 3.63. The first-order valence-electron chi connectivity index (χ1n) is 5.78. The highest BCUT2D eigenvalue weighted by Gasteiger charge is 2.15. The number of benzene rings is 1. The zero-order chi connectivity index (χ0) is 13.5. The van der Waals surface area contributed by atoms with Crippen molar-refractivity contribution in [3.05, 3.63) is 23.8 Å². The molecule has 0 heterocycles. The predicted molar refractivity (Wildman–Crippen MR) is 72.0 cm³/mol. The Bertz CT molecular complexity index is 407. The molecule has 0 unspecified atom stereocenters. The van der Waals surface area contributed by atoms with Crippen LogP contribution in [0.5, 0.6) is 0 Å². The zero-order valence-electron chi connectivity index (χ0n) is 11.1. The van der Waals surface area contributed by atoms with Crippen molar-refractivity contribution in [1.29, 1.82) is 0 Å². The van der Waals surface area contributed by atoms with Crippen LogP contribution in [0.25, 0.3) is 0 Å². The fourth-order valence-electron chi connectivity index (χ4n) is 1.73. The lowest BCUT2D eigenvalue weighted by Gasteiger charge is -2.21. The molecule has 2 N–H and O–H groups in total. The Hall–Kier alpha value is -1.75. The molecule has 18 heavy (non-hydrogen) atoms. The van der Waals surface area contributed by atoms with Crippen molar-refractivity contribution in [1.82, 2.24) is 0 Å². The standard InChI is InChI=1S/C13H20N2O3/c1-15(7-4-8-17-2)12-6-5-10(14)9-11(12)13(16)18-3/h5-6,9H,4,7-8,14H2,1-3H3. The van der Waals surface area contributed by atoms with E-state index in [-0.39, 0.29) is 5.97 Å². The number of ether oxygens (including phenoxy) is 2. The number of hydrogen-bond donors (Lipinski definition) is 1. The monoisotopic (exact) mass is 252 g/mol. The smallest absolute Gasteiger partial charge is 0.340 e. The average molecular weight is 252 g/mol. The Morgan fingerprint density at radius 3 is 2.72 bits per heavy atom. The number of rotatable bonds is 6. The summed E-state index contributed by atoms with van der Waals surface area (Å²) in [6.45, 7) is 1.48. The second-order valence-electron chi connectivity index (χ2n) is 4.04. The normalized spacial score (nSPS) is 10.2. The number of anilines is 2. The minimum absolute atomic E-state index is 0.379. The van der Waals surface area contributed by atoms with Crippen molar-refractivity contribution >= 4 is 17.3 Å². The van der Waals surface area contributed by atoms with E-state index in [4.69, 9.17) is 15.2 Å². The Morgan fingerprint density at radius 2 is 2.11 bits per heavy atom. The van der Waals surface area contributed by atoms with Crippen LogP contribution in [-0.2, 0) is 9.47 Å². The van der Waals surface area contributed by atoms with Crippen molar-refractivity contribution in [2.45, 2.75) is 6.42 Å². The summed E-state index contributed by atoms with van der Waals surface area (Å²) >= 11 is 0. The summed E-state index contributed by atoms with van der Waals surface area (Å²) in [5.74, 6) is -0.379. The molecule has 0 aliphatic rings. The fraction of sp³-hybridized carbons (Fsp3) is 0.462. The molecule has 0 amide bonds. The number of methoxy groups -OCH3 is 2. The Kier molecular flexibility index (Phi) is 5.45. The van der Waals surface area contributed by atoms with Gasteiger partial charge >= 0.3 is 5.97 Å². The molecule has 100 valence electrons. The van der Waals surface area contributed by atoms with E-state index in [1.807, 2.05) is 18.0 Å². The summed E-state index contributed by atoms with van der Waals surface area (Å²) in [4.78, 5) is 13.7. The molecule has 0 aliphatic heterocycles. The molecule has 0 aliphatic carbocycles. The molecular weight excluding hydrogens is 232 g/mol. The maximum atomic E-state index is 11.7. The zero-order valence-corrected chi connectivity index (χ0v) is 11.1. The van der Waals surface area contributed by atoms with Crippen LogP contribution in [0.1, 0.15) is 16.8 Å². The molecule has 1 aromatic rings. The minimum atomic E-state index is -0.379. The summed E-state index contributed by atoms with van der Waals surface area (Å²) in [6, 6.07) is 5.23. The SMILES string of the molecule is COCCCN(C)c1ccc(N)cc1C(=O)OC. The highest BCUT2D eigenvalue weighted by Crippen LogP contribution is 2.23. The van der Waals surface area contributed by atoms with Gasteiger partial charge in [-0.05, 0) is 24.6 Å². The van der Waals surface area contributed by atoms with Crippen LogP contribution in [0.4, 0.5) is 11.4 Å². The van der Waals surface area contributed by atoms with E-state index in [9.17, 15) is 4.79 Å². The van der Waals surface area contributed by atoms with E-state index in [2.05, 4.69) is 0 Å². The van der Waals surface area contributed by atoms with Crippen LogP contribution in [-0.4, -0.2) is 40.4 Å². The van der Waals surface area contributed by atoms with Gasteiger partial charge in [-0.15, -0.1) is 0 Å². The topological polar surface area (TPSA) is 64.8 Å².